The van der Waals surface area contributed by atoms with Crippen molar-refractivity contribution in [1.82, 2.24) is 0 Å². The van der Waals surface area contributed by atoms with Crippen LogP contribution in [-0.4, -0.2) is 17.1 Å². The zero-order chi connectivity index (χ0) is 12.8. The summed E-state index contributed by atoms with van der Waals surface area (Å²) in [4.78, 5) is 10.4. The lowest BCUT2D eigenvalue weighted by atomic mass is 10.1. The SMILES string of the molecule is CC(CCC(=O)O)Nc1ccc(F)c(C#N)c1. The minimum Gasteiger partial charge on any atom is -0.481 e. The van der Waals surface area contributed by atoms with E-state index in [0.717, 1.165) is 0 Å². The molecule has 1 aromatic carbocycles. The molecule has 4 nitrogen and oxygen atoms in total. The largest absolute Gasteiger partial charge is 0.481 e. The number of nitriles is 1. The fraction of sp³-hybridized carbons (Fsp3) is 0.333. The van der Waals surface area contributed by atoms with Gasteiger partial charge in [0.05, 0.1) is 5.56 Å². The normalized spacial score (nSPS) is 11.6. The summed E-state index contributed by atoms with van der Waals surface area (Å²) < 4.78 is 13.0. The molecule has 0 fully saturated rings. The van der Waals surface area contributed by atoms with Gasteiger partial charge in [0.1, 0.15) is 11.9 Å². The van der Waals surface area contributed by atoms with Crippen molar-refractivity contribution in [3.8, 4) is 6.07 Å². The lowest BCUT2D eigenvalue weighted by molar-refractivity contribution is -0.137. The number of hydrogen-bond donors (Lipinski definition) is 2. The Balaban J connectivity index is 2.63. The minimum atomic E-state index is -0.851. The number of aliphatic carboxylic acids is 1. The third-order valence-electron chi connectivity index (χ3n) is 2.29. The number of carboxylic acids is 1. The highest BCUT2D eigenvalue weighted by Crippen LogP contribution is 2.15. The van der Waals surface area contributed by atoms with E-state index in [9.17, 15) is 9.18 Å². The average molecular weight is 236 g/mol. The van der Waals surface area contributed by atoms with Crippen molar-refractivity contribution >= 4 is 11.7 Å². The number of anilines is 1. The molecule has 0 aliphatic rings. The van der Waals surface area contributed by atoms with Crippen LogP contribution in [0, 0.1) is 17.1 Å². The van der Waals surface area contributed by atoms with Crippen LogP contribution in [0.5, 0.6) is 0 Å². The number of carboxylic acid groups (broad SMARTS) is 1. The lowest BCUT2D eigenvalue weighted by Crippen LogP contribution is -2.16. The van der Waals surface area contributed by atoms with Crippen LogP contribution in [0.4, 0.5) is 10.1 Å². The highest BCUT2D eigenvalue weighted by molar-refractivity contribution is 5.66. The summed E-state index contributed by atoms with van der Waals surface area (Å²) in [6.07, 6.45) is 0.537. The number of benzene rings is 1. The third-order valence-corrected chi connectivity index (χ3v) is 2.29. The van der Waals surface area contributed by atoms with Crippen LogP contribution in [0.15, 0.2) is 18.2 Å². The van der Waals surface area contributed by atoms with Gasteiger partial charge in [-0.1, -0.05) is 0 Å². The van der Waals surface area contributed by atoms with Crippen molar-refractivity contribution in [3.05, 3.63) is 29.6 Å². The minimum absolute atomic E-state index is 0.0274. The van der Waals surface area contributed by atoms with Gasteiger partial charge in [0.25, 0.3) is 0 Å². The maximum Gasteiger partial charge on any atom is 0.303 e. The van der Waals surface area contributed by atoms with E-state index in [0.29, 0.717) is 12.1 Å². The van der Waals surface area contributed by atoms with Crippen LogP contribution in [0.3, 0.4) is 0 Å². The molecule has 1 unspecified atom stereocenters. The molecular weight excluding hydrogens is 223 g/mol. The van der Waals surface area contributed by atoms with E-state index in [1.54, 1.807) is 6.07 Å². The van der Waals surface area contributed by atoms with Gasteiger partial charge in [0.15, 0.2) is 0 Å². The Labute approximate surface area is 98.7 Å². The maximum absolute atomic E-state index is 13.0. The first-order valence-corrected chi connectivity index (χ1v) is 5.21. The monoisotopic (exact) mass is 236 g/mol. The molecule has 0 saturated carbocycles. The zero-order valence-electron chi connectivity index (χ0n) is 9.40. The lowest BCUT2D eigenvalue weighted by Gasteiger charge is -2.14. The molecule has 0 bridgehead atoms. The topological polar surface area (TPSA) is 73.1 Å². The summed E-state index contributed by atoms with van der Waals surface area (Å²) in [5.41, 5.74) is 0.585. The summed E-state index contributed by atoms with van der Waals surface area (Å²) in [6.45, 7) is 1.83. The highest BCUT2D eigenvalue weighted by Gasteiger charge is 2.07. The fourth-order valence-electron chi connectivity index (χ4n) is 1.40. The predicted molar refractivity (Wildman–Crippen MR) is 61.1 cm³/mol. The summed E-state index contributed by atoms with van der Waals surface area (Å²) in [7, 11) is 0. The second-order valence-electron chi connectivity index (χ2n) is 3.78. The van der Waals surface area contributed by atoms with Gasteiger partial charge in [-0.05, 0) is 31.5 Å². The van der Waals surface area contributed by atoms with Gasteiger partial charge >= 0.3 is 5.97 Å². The average Bonchev–Trinajstić information content (AvgIpc) is 2.29. The number of nitrogens with zero attached hydrogens (tertiary/aromatic N) is 1. The van der Waals surface area contributed by atoms with Crippen molar-refractivity contribution < 1.29 is 14.3 Å². The molecule has 0 amide bonds. The number of carbonyl (C=O) groups is 1. The van der Waals surface area contributed by atoms with Gasteiger partial charge in [-0.2, -0.15) is 5.26 Å². The van der Waals surface area contributed by atoms with Crippen LogP contribution in [0.2, 0.25) is 0 Å². The summed E-state index contributed by atoms with van der Waals surface area (Å²) in [5, 5.41) is 20.2. The van der Waals surface area contributed by atoms with E-state index in [4.69, 9.17) is 10.4 Å². The number of hydrogen-bond acceptors (Lipinski definition) is 3. The van der Waals surface area contributed by atoms with Crippen LogP contribution < -0.4 is 5.32 Å². The molecule has 0 aromatic heterocycles. The van der Waals surface area contributed by atoms with Crippen LogP contribution in [0.1, 0.15) is 25.3 Å². The van der Waals surface area contributed by atoms with Gasteiger partial charge < -0.3 is 10.4 Å². The van der Waals surface area contributed by atoms with Crippen LogP contribution >= 0.6 is 0 Å². The number of rotatable bonds is 5. The third kappa shape index (κ3) is 4.11. The van der Waals surface area contributed by atoms with Crippen molar-refractivity contribution in [2.45, 2.75) is 25.8 Å². The quantitative estimate of drug-likeness (QED) is 0.823. The first-order valence-electron chi connectivity index (χ1n) is 5.21. The van der Waals surface area contributed by atoms with E-state index < -0.39 is 11.8 Å². The molecule has 2 N–H and O–H groups in total. The fourth-order valence-corrected chi connectivity index (χ4v) is 1.40. The van der Waals surface area contributed by atoms with Crippen molar-refractivity contribution in [2.75, 3.05) is 5.32 Å². The molecule has 17 heavy (non-hydrogen) atoms. The smallest absolute Gasteiger partial charge is 0.303 e. The summed E-state index contributed by atoms with van der Waals surface area (Å²) >= 11 is 0. The van der Waals surface area contributed by atoms with Crippen molar-refractivity contribution in [3.63, 3.8) is 0 Å². The molecule has 0 radical (unpaired) electrons. The van der Waals surface area contributed by atoms with E-state index in [2.05, 4.69) is 5.32 Å². The summed E-state index contributed by atoms with van der Waals surface area (Å²) in [5.74, 6) is -1.41. The molecule has 90 valence electrons. The van der Waals surface area contributed by atoms with Crippen molar-refractivity contribution in [1.29, 1.82) is 5.26 Å². The predicted octanol–water partition coefficient (Wildman–Crippen LogP) is 2.36. The Morgan fingerprint density at radius 2 is 2.35 bits per heavy atom. The first-order chi connectivity index (χ1) is 8.02. The second kappa shape index (κ2) is 5.85. The second-order valence-corrected chi connectivity index (χ2v) is 3.78. The Morgan fingerprint density at radius 3 is 2.94 bits per heavy atom. The molecule has 0 heterocycles. The molecule has 1 atom stereocenters. The van der Waals surface area contributed by atoms with E-state index in [1.165, 1.54) is 18.2 Å². The maximum atomic E-state index is 13.0. The zero-order valence-corrected chi connectivity index (χ0v) is 9.40. The highest BCUT2D eigenvalue weighted by atomic mass is 19.1. The molecular formula is C12H13FN2O2. The van der Waals surface area contributed by atoms with Crippen LogP contribution in [-0.2, 0) is 4.79 Å². The van der Waals surface area contributed by atoms with Crippen molar-refractivity contribution in [2.24, 2.45) is 0 Å². The number of halogens is 1. The Hall–Kier alpha value is -2.09. The van der Waals surface area contributed by atoms with Gasteiger partial charge in [-0.25, -0.2) is 4.39 Å². The number of nitrogens with one attached hydrogen (secondary N) is 1. The van der Waals surface area contributed by atoms with E-state index in [1.807, 2.05) is 6.92 Å². The molecule has 0 aliphatic heterocycles. The first kappa shape index (κ1) is 13.0. The molecule has 1 aromatic rings. The molecule has 0 aliphatic carbocycles. The molecule has 0 saturated heterocycles. The standard InChI is InChI=1S/C12H13FN2O2/c1-8(2-5-12(16)17)15-10-3-4-11(13)9(6-10)7-14/h3-4,6,8,15H,2,5H2,1H3,(H,16,17). The van der Waals surface area contributed by atoms with E-state index >= 15 is 0 Å². The summed E-state index contributed by atoms with van der Waals surface area (Å²) in [6, 6.07) is 5.84. The molecule has 0 spiro atoms. The Bertz CT molecular complexity index is 454. The Morgan fingerprint density at radius 1 is 1.65 bits per heavy atom. The van der Waals surface area contributed by atoms with E-state index in [-0.39, 0.29) is 18.0 Å². The Kier molecular flexibility index (Phi) is 4.46. The van der Waals surface area contributed by atoms with Gasteiger partial charge in [-0.3, -0.25) is 4.79 Å². The molecule has 1 rings (SSSR count). The van der Waals surface area contributed by atoms with Gasteiger partial charge in [-0.15, -0.1) is 0 Å². The molecule has 5 heteroatoms. The van der Waals surface area contributed by atoms with Gasteiger partial charge in [0.2, 0.25) is 0 Å². The van der Waals surface area contributed by atoms with Crippen LogP contribution in [0.25, 0.3) is 0 Å². The van der Waals surface area contributed by atoms with Gasteiger partial charge in [0, 0.05) is 18.2 Å².